The standard InChI is InChI=1S/C22H21FN4O/c23-19-8-6-16(7-9-19)10-11-24-22(28)18-13-27(14-18)21-12-20(25-15-26-21)17-4-2-1-3-5-17/h1-9,12,15,18H,10-11,13-14H2,(H,24,28). The van der Waals surface area contributed by atoms with E-state index in [0.29, 0.717) is 26.1 Å². The van der Waals surface area contributed by atoms with Crippen molar-refractivity contribution < 1.29 is 9.18 Å². The second kappa shape index (κ2) is 8.17. The molecular weight excluding hydrogens is 355 g/mol. The third-order valence-corrected chi connectivity index (χ3v) is 4.92. The summed E-state index contributed by atoms with van der Waals surface area (Å²) in [5.41, 5.74) is 2.92. The molecule has 0 spiro atoms. The van der Waals surface area contributed by atoms with E-state index in [9.17, 15) is 9.18 Å². The van der Waals surface area contributed by atoms with Crippen molar-refractivity contribution in [3.05, 3.63) is 78.4 Å². The number of hydrogen-bond acceptors (Lipinski definition) is 4. The van der Waals surface area contributed by atoms with Gasteiger partial charge in [-0.15, -0.1) is 0 Å². The van der Waals surface area contributed by atoms with Gasteiger partial charge in [0, 0.05) is 31.3 Å². The minimum Gasteiger partial charge on any atom is -0.355 e. The van der Waals surface area contributed by atoms with Crippen LogP contribution in [0.3, 0.4) is 0 Å². The molecule has 4 rings (SSSR count). The summed E-state index contributed by atoms with van der Waals surface area (Å²) in [5, 5.41) is 2.96. The van der Waals surface area contributed by atoms with Crippen molar-refractivity contribution in [1.29, 1.82) is 0 Å². The van der Waals surface area contributed by atoms with Crippen LogP contribution in [-0.2, 0) is 11.2 Å². The van der Waals surface area contributed by atoms with E-state index >= 15 is 0 Å². The molecule has 0 aliphatic carbocycles. The van der Waals surface area contributed by atoms with Crippen molar-refractivity contribution in [3.8, 4) is 11.3 Å². The molecule has 1 N–H and O–H groups in total. The van der Waals surface area contributed by atoms with Crippen molar-refractivity contribution in [1.82, 2.24) is 15.3 Å². The van der Waals surface area contributed by atoms with Gasteiger partial charge in [0.05, 0.1) is 11.6 Å². The maximum Gasteiger partial charge on any atom is 0.226 e. The molecule has 2 aromatic carbocycles. The van der Waals surface area contributed by atoms with E-state index in [-0.39, 0.29) is 17.6 Å². The highest BCUT2D eigenvalue weighted by Crippen LogP contribution is 2.26. The Balaban J connectivity index is 1.27. The van der Waals surface area contributed by atoms with Crippen molar-refractivity contribution in [2.24, 2.45) is 5.92 Å². The van der Waals surface area contributed by atoms with Crippen LogP contribution < -0.4 is 10.2 Å². The zero-order chi connectivity index (χ0) is 19.3. The molecule has 28 heavy (non-hydrogen) atoms. The van der Waals surface area contributed by atoms with Gasteiger partial charge in [-0.3, -0.25) is 4.79 Å². The van der Waals surface area contributed by atoms with Crippen LogP contribution in [0.2, 0.25) is 0 Å². The van der Waals surface area contributed by atoms with Crippen molar-refractivity contribution in [2.45, 2.75) is 6.42 Å². The SMILES string of the molecule is O=C(NCCc1ccc(F)cc1)C1CN(c2cc(-c3ccccc3)ncn2)C1. The summed E-state index contributed by atoms with van der Waals surface area (Å²) >= 11 is 0. The number of carbonyl (C=O) groups excluding carboxylic acids is 1. The van der Waals surface area contributed by atoms with E-state index < -0.39 is 0 Å². The fourth-order valence-electron chi connectivity index (χ4n) is 3.24. The molecule has 0 saturated carbocycles. The van der Waals surface area contributed by atoms with E-state index in [2.05, 4.69) is 20.2 Å². The van der Waals surface area contributed by atoms with Crippen LogP contribution in [0.1, 0.15) is 5.56 Å². The Labute approximate surface area is 163 Å². The Morgan fingerprint density at radius 2 is 1.82 bits per heavy atom. The maximum absolute atomic E-state index is 12.9. The zero-order valence-electron chi connectivity index (χ0n) is 15.4. The van der Waals surface area contributed by atoms with Crippen LogP contribution in [-0.4, -0.2) is 35.5 Å². The van der Waals surface area contributed by atoms with Gasteiger partial charge in [0.15, 0.2) is 0 Å². The number of carbonyl (C=O) groups is 1. The fraction of sp³-hybridized carbons (Fsp3) is 0.227. The first-order valence-electron chi connectivity index (χ1n) is 9.33. The van der Waals surface area contributed by atoms with E-state index in [1.165, 1.54) is 12.1 Å². The lowest BCUT2D eigenvalue weighted by Gasteiger charge is -2.39. The molecule has 3 aromatic rings. The Morgan fingerprint density at radius 1 is 1.07 bits per heavy atom. The summed E-state index contributed by atoms with van der Waals surface area (Å²) in [6.07, 6.45) is 2.25. The summed E-state index contributed by atoms with van der Waals surface area (Å²) in [6.45, 7) is 1.84. The number of amides is 1. The van der Waals surface area contributed by atoms with Crippen LogP contribution in [0.15, 0.2) is 67.0 Å². The molecule has 1 saturated heterocycles. The minimum atomic E-state index is -0.248. The molecule has 1 aliphatic heterocycles. The highest BCUT2D eigenvalue weighted by Gasteiger charge is 2.33. The molecule has 0 bridgehead atoms. The highest BCUT2D eigenvalue weighted by atomic mass is 19.1. The summed E-state index contributed by atoms with van der Waals surface area (Å²) in [6, 6.07) is 18.3. The molecule has 0 unspecified atom stereocenters. The summed E-state index contributed by atoms with van der Waals surface area (Å²) in [5.74, 6) is 0.603. The summed E-state index contributed by atoms with van der Waals surface area (Å²) < 4.78 is 12.9. The quantitative estimate of drug-likeness (QED) is 0.718. The third kappa shape index (κ3) is 4.17. The molecule has 1 fully saturated rings. The molecule has 1 amide bonds. The van der Waals surface area contributed by atoms with Crippen LogP contribution in [0, 0.1) is 11.7 Å². The Hall–Kier alpha value is -3.28. The largest absolute Gasteiger partial charge is 0.355 e. The molecule has 1 aromatic heterocycles. The number of hydrogen-bond donors (Lipinski definition) is 1. The second-order valence-electron chi connectivity index (χ2n) is 6.90. The predicted molar refractivity (Wildman–Crippen MR) is 106 cm³/mol. The molecule has 5 nitrogen and oxygen atoms in total. The normalized spacial score (nSPS) is 13.8. The van der Waals surface area contributed by atoms with E-state index in [1.807, 2.05) is 36.4 Å². The smallest absolute Gasteiger partial charge is 0.226 e. The highest BCUT2D eigenvalue weighted by molar-refractivity contribution is 5.82. The van der Waals surface area contributed by atoms with Gasteiger partial charge in [0.2, 0.25) is 5.91 Å². The number of rotatable bonds is 6. The number of benzene rings is 2. The molecule has 0 radical (unpaired) electrons. The molecule has 1 aliphatic rings. The van der Waals surface area contributed by atoms with Crippen LogP contribution in [0.4, 0.5) is 10.2 Å². The molecule has 2 heterocycles. The average Bonchev–Trinajstić information content (AvgIpc) is 2.69. The first kappa shape index (κ1) is 18.1. The Kier molecular flexibility index (Phi) is 5.28. The van der Waals surface area contributed by atoms with Crippen molar-refractivity contribution in [2.75, 3.05) is 24.5 Å². The van der Waals surface area contributed by atoms with E-state index in [4.69, 9.17) is 0 Å². The number of nitrogens with one attached hydrogen (secondary N) is 1. The van der Waals surface area contributed by atoms with Gasteiger partial charge >= 0.3 is 0 Å². The Morgan fingerprint density at radius 3 is 2.57 bits per heavy atom. The number of nitrogens with zero attached hydrogens (tertiary/aromatic N) is 3. The van der Waals surface area contributed by atoms with Crippen LogP contribution >= 0.6 is 0 Å². The zero-order valence-corrected chi connectivity index (χ0v) is 15.4. The number of aromatic nitrogens is 2. The first-order chi connectivity index (χ1) is 13.7. The molecule has 6 heteroatoms. The van der Waals surface area contributed by atoms with Crippen molar-refractivity contribution >= 4 is 11.7 Å². The average molecular weight is 376 g/mol. The van der Waals surface area contributed by atoms with Crippen LogP contribution in [0.25, 0.3) is 11.3 Å². The summed E-state index contributed by atoms with van der Waals surface area (Å²) in [7, 11) is 0. The minimum absolute atomic E-state index is 0.0386. The first-order valence-corrected chi connectivity index (χ1v) is 9.33. The predicted octanol–water partition coefficient (Wildman–Crippen LogP) is 3.08. The second-order valence-corrected chi connectivity index (χ2v) is 6.90. The molecule has 0 atom stereocenters. The van der Waals surface area contributed by atoms with Gasteiger partial charge < -0.3 is 10.2 Å². The van der Waals surface area contributed by atoms with Gasteiger partial charge in [-0.05, 0) is 24.1 Å². The topological polar surface area (TPSA) is 58.1 Å². The van der Waals surface area contributed by atoms with Gasteiger partial charge in [0.1, 0.15) is 18.0 Å². The van der Waals surface area contributed by atoms with E-state index in [0.717, 1.165) is 22.6 Å². The van der Waals surface area contributed by atoms with Crippen molar-refractivity contribution in [3.63, 3.8) is 0 Å². The van der Waals surface area contributed by atoms with Gasteiger partial charge in [0.25, 0.3) is 0 Å². The summed E-state index contributed by atoms with van der Waals surface area (Å²) in [4.78, 5) is 23.1. The Bertz CT molecular complexity index is 940. The van der Waals surface area contributed by atoms with Gasteiger partial charge in [-0.2, -0.15) is 0 Å². The molecular formula is C22H21FN4O. The lowest BCUT2D eigenvalue weighted by atomic mass is 9.99. The number of anilines is 1. The van der Waals surface area contributed by atoms with Gasteiger partial charge in [-0.1, -0.05) is 42.5 Å². The fourth-order valence-corrected chi connectivity index (χ4v) is 3.24. The van der Waals surface area contributed by atoms with E-state index in [1.54, 1.807) is 18.5 Å². The lowest BCUT2D eigenvalue weighted by Crippen LogP contribution is -2.54. The number of halogens is 1. The van der Waals surface area contributed by atoms with Crippen LogP contribution in [0.5, 0.6) is 0 Å². The third-order valence-electron chi connectivity index (χ3n) is 4.92. The lowest BCUT2D eigenvalue weighted by molar-refractivity contribution is -0.125. The van der Waals surface area contributed by atoms with Gasteiger partial charge in [-0.25, -0.2) is 14.4 Å². The monoisotopic (exact) mass is 376 g/mol. The molecule has 142 valence electrons. The maximum atomic E-state index is 12.9.